The smallest absolute Gasteiger partial charge is 0.0850 e. The molecular weight excluding hydrogens is 286 g/mol. The second-order valence-electron chi connectivity index (χ2n) is 5.07. The highest BCUT2D eigenvalue weighted by Gasteiger charge is 2.21. The molecular formula is C15H24ClN5. The average Bonchev–Trinajstić information content (AvgIpc) is 3.03. The van der Waals surface area contributed by atoms with Crippen LogP contribution in [0.1, 0.15) is 43.9 Å². The van der Waals surface area contributed by atoms with Crippen molar-refractivity contribution < 1.29 is 0 Å². The fraction of sp³-hybridized carbons (Fsp3) is 0.600. The first-order valence-electron chi connectivity index (χ1n) is 7.57. The van der Waals surface area contributed by atoms with Crippen molar-refractivity contribution in [3.8, 4) is 0 Å². The van der Waals surface area contributed by atoms with E-state index in [1.54, 1.807) is 0 Å². The Morgan fingerprint density at radius 2 is 2.10 bits per heavy atom. The first-order valence-corrected chi connectivity index (χ1v) is 7.95. The van der Waals surface area contributed by atoms with Crippen LogP contribution in [-0.2, 0) is 26.4 Å². The largest absolute Gasteiger partial charge is 0.309 e. The maximum absolute atomic E-state index is 6.52. The molecule has 116 valence electrons. The molecule has 6 heteroatoms. The molecule has 1 unspecified atom stereocenters. The number of nitrogens with one attached hydrogen (secondary N) is 1. The highest BCUT2D eigenvalue weighted by Crippen LogP contribution is 2.26. The summed E-state index contributed by atoms with van der Waals surface area (Å²) in [5, 5.41) is 13.2. The van der Waals surface area contributed by atoms with Gasteiger partial charge in [-0.25, -0.2) is 0 Å². The minimum Gasteiger partial charge on any atom is -0.309 e. The zero-order chi connectivity index (χ0) is 15.4. The van der Waals surface area contributed by atoms with Crippen LogP contribution in [0.25, 0.3) is 0 Å². The molecule has 1 N–H and O–H groups in total. The topological polar surface area (TPSA) is 47.7 Å². The molecule has 0 saturated heterocycles. The number of nitrogens with zero attached hydrogens (tertiary/aromatic N) is 4. The Hall–Kier alpha value is -1.33. The van der Waals surface area contributed by atoms with E-state index >= 15 is 0 Å². The van der Waals surface area contributed by atoms with Gasteiger partial charge in [-0.05, 0) is 26.0 Å². The molecule has 0 amide bonds. The quantitative estimate of drug-likeness (QED) is 0.855. The number of halogens is 1. The molecule has 0 bridgehead atoms. The van der Waals surface area contributed by atoms with Gasteiger partial charge < -0.3 is 5.32 Å². The number of aromatic nitrogens is 4. The Bertz CT molecular complexity index is 587. The van der Waals surface area contributed by atoms with Gasteiger partial charge in [-0.15, -0.1) is 0 Å². The monoisotopic (exact) mass is 309 g/mol. The van der Waals surface area contributed by atoms with Gasteiger partial charge in [-0.1, -0.05) is 25.4 Å². The Labute approximate surface area is 131 Å². The van der Waals surface area contributed by atoms with Crippen LogP contribution in [-0.4, -0.2) is 26.1 Å². The molecule has 0 saturated carbocycles. The zero-order valence-corrected chi connectivity index (χ0v) is 14.0. The van der Waals surface area contributed by atoms with E-state index in [-0.39, 0.29) is 6.04 Å². The Morgan fingerprint density at radius 1 is 1.33 bits per heavy atom. The minimum atomic E-state index is 0.187. The van der Waals surface area contributed by atoms with Crippen LogP contribution in [0, 0.1) is 0 Å². The van der Waals surface area contributed by atoms with Gasteiger partial charge in [0.1, 0.15) is 0 Å². The molecule has 2 rings (SSSR count). The second-order valence-corrected chi connectivity index (χ2v) is 5.45. The molecule has 2 heterocycles. The van der Waals surface area contributed by atoms with Crippen molar-refractivity contribution in [3.05, 3.63) is 34.4 Å². The summed E-state index contributed by atoms with van der Waals surface area (Å²) in [4.78, 5) is 0. The molecule has 0 aliphatic heterocycles. The third kappa shape index (κ3) is 3.30. The van der Waals surface area contributed by atoms with E-state index in [1.807, 2.05) is 22.6 Å². The van der Waals surface area contributed by atoms with E-state index in [0.717, 1.165) is 48.0 Å². The van der Waals surface area contributed by atoms with E-state index in [1.165, 1.54) is 0 Å². The summed E-state index contributed by atoms with van der Waals surface area (Å²) in [6.45, 7) is 8.02. The maximum Gasteiger partial charge on any atom is 0.0850 e. The predicted octanol–water partition coefficient (Wildman–Crippen LogP) is 2.75. The molecule has 0 spiro atoms. The standard InChI is InChI=1S/C15H24ClN5/c1-5-11-15(16)14(21(7-3)19-11)10-12(17-6-2)13-8-9-18-20(13)4/h8-9,12,17H,5-7,10H2,1-4H3. The molecule has 5 nitrogen and oxygen atoms in total. The molecule has 1 atom stereocenters. The van der Waals surface area contributed by atoms with Crippen LogP contribution in [0.4, 0.5) is 0 Å². The lowest BCUT2D eigenvalue weighted by Gasteiger charge is -2.19. The number of rotatable bonds is 7. The van der Waals surface area contributed by atoms with Crippen LogP contribution in [0.3, 0.4) is 0 Å². The summed E-state index contributed by atoms with van der Waals surface area (Å²) in [5.41, 5.74) is 3.24. The molecule has 0 aliphatic rings. The number of likely N-dealkylation sites (N-methyl/N-ethyl adjacent to an activating group) is 1. The Kier molecular flexibility index (Phi) is 5.42. The molecule has 0 aromatic carbocycles. The van der Waals surface area contributed by atoms with Crippen molar-refractivity contribution in [2.45, 2.75) is 46.2 Å². The number of hydrogen-bond acceptors (Lipinski definition) is 3. The Balaban J connectivity index is 2.33. The van der Waals surface area contributed by atoms with Gasteiger partial charge in [0.15, 0.2) is 0 Å². The van der Waals surface area contributed by atoms with Gasteiger partial charge >= 0.3 is 0 Å². The van der Waals surface area contributed by atoms with Gasteiger partial charge in [-0.2, -0.15) is 10.2 Å². The van der Waals surface area contributed by atoms with E-state index in [0.29, 0.717) is 0 Å². The van der Waals surface area contributed by atoms with Crippen LogP contribution in [0.15, 0.2) is 12.3 Å². The number of hydrogen-bond donors (Lipinski definition) is 1. The molecule has 0 fully saturated rings. The first kappa shape index (κ1) is 16.0. The van der Waals surface area contributed by atoms with Crippen molar-refractivity contribution in [3.63, 3.8) is 0 Å². The van der Waals surface area contributed by atoms with E-state index < -0.39 is 0 Å². The maximum atomic E-state index is 6.52. The van der Waals surface area contributed by atoms with Crippen LogP contribution >= 0.6 is 11.6 Å². The average molecular weight is 310 g/mol. The lowest BCUT2D eigenvalue weighted by Crippen LogP contribution is -2.26. The van der Waals surface area contributed by atoms with Crippen molar-refractivity contribution >= 4 is 11.6 Å². The second kappa shape index (κ2) is 7.09. The van der Waals surface area contributed by atoms with Gasteiger partial charge in [0.05, 0.1) is 28.1 Å². The van der Waals surface area contributed by atoms with Gasteiger partial charge in [0, 0.05) is 26.2 Å². The normalized spacial score (nSPS) is 12.8. The van der Waals surface area contributed by atoms with Gasteiger partial charge in [-0.3, -0.25) is 9.36 Å². The van der Waals surface area contributed by atoms with Crippen molar-refractivity contribution in [2.75, 3.05) is 6.54 Å². The highest BCUT2D eigenvalue weighted by molar-refractivity contribution is 6.31. The van der Waals surface area contributed by atoms with Gasteiger partial charge in [0.2, 0.25) is 0 Å². The van der Waals surface area contributed by atoms with Crippen molar-refractivity contribution in [1.29, 1.82) is 0 Å². The van der Waals surface area contributed by atoms with Crippen LogP contribution in [0.2, 0.25) is 5.02 Å². The summed E-state index contributed by atoms with van der Waals surface area (Å²) < 4.78 is 3.93. The van der Waals surface area contributed by atoms with Crippen LogP contribution < -0.4 is 5.32 Å². The fourth-order valence-corrected chi connectivity index (χ4v) is 3.01. The van der Waals surface area contributed by atoms with Gasteiger partial charge in [0.25, 0.3) is 0 Å². The lowest BCUT2D eigenvalue weighted by atomic mass is 10.1. The molecule has 2 aromatic rings. The van der Waals surface area contributed by atoms with E-state index in [9.17, 15) is 0 Å². The summed E-state index contributed by atoms with van der Waals surface area (Å²) in [5.74, 6) is 0. The van der Waals surface area contributed by atoms with Crippen molar-refractivity contribution in [1.82, 2.24) is 24.9 Å². The third-order valence-corrected chi connectivity index (χ3v) is 4.19. The fourth-order valence-electron chi connectivity index (χ4n) is 2.66. The predicted molar refractivity (Wildman–Crippen MR) is 85.6 cm³/mol. The molecule has 2 aromatic heterocycles. The summed E-state index contributed by atoms with van der Waals surface area (Å²) >= 11 is 6.52. The third-order valence-electron chi connectivity index (χ3n) is 3.76. The minimum absolute atomic E-state index is 0.187. The first-order chi connectivity index (χ1) is 10.1. The summed E-state index contributed by atoms with van der Waals surface area (Å²) in [6, 6.07) is 2.24. The molecule has 0 radical (unpaired) electrons. The SMILES string of the molecule is CCNC(Cc1c(Cl)c(CC)nn1CC)c1ccnn1C. The summed E-state index contributed by atoms with van der Waals surface area (Å²) in [6.07, 6.45) is 3.50. The highest BCUT2D eigenvalue weighted by atomic mass is 35.5. The van der Waals surface area contributed by atoms with E-state index in [4.69, 9.17) is 11.6 Å². The summed E-state index contributed by atoms with van der Waals surface area (Å²) in [7, 11) is 1.97. The number of aryl methyl sites for hydroxylation is 3. The Morgan fingerprint density at radius 3 is 2.62 bits per heavy atom. The lowest BCUT2D eigenvalue weighted by molar-refractivity contribution is 0.486. The molecule has 0 aliphatic carbocycles. The van der Waals surface area contributed by atoms with E-state index in [2.05, 4.69) is 42.4 Å². The van der Waals surface area contributed by atoms with Crippen molar-refractivity contribution in [2.24, 2.45) is 7.05 Å². The van der Waals surface area contributed by atoms with Crippen LogP contribution in [0.5, 0.6) is 0 Å². The molecule has 21 heavy (non-hydrogen) atoms. The zero-order valence-electron chi connectivity index (χ0n) is 13.2.